The first-order valence-corrected chi connectivity index (χ1v) is 11.8. The van der Waals surface area contributed by atoms with Gasteiger partial charge >= 0.3 is 0 Å². The Morgan fingerprint density at radius 1 is 1.06 bits per heavy atom. The normalized spacial score (nSPS) is 20.3. The van der Waals surface area contributed by atoms with E-state index in [9.17, 15) is 4.79 Å². The number of hydrogen-bond donors (Lipinski definition) is 0. The summed E-state index contributed by atoms with van der Waals surface area (Å²) in [7, 11) is 0. The lowest BCUT2D eigenvalue weighted by atomic mass is 9.94. The molecule has 6 heteroatoms. The summed E-state index contributed by atoms with van der Waals surface area (Å²) in [6.45, 7) is 0. The van der Waals surface area contributed by atoms with Crippen molar-refractivity contribution in [1.29, 1.82) is 0 Å². The summed E-state index contributed by atoms with van der Waals surface area (Å²) < 4.78 is 0. The molecule has 31 heavy (non-hydrogen) atoms. The van der Waals surface area contributed by atoms with Crippen molar-refractivity contribution in [1.82, 2.24) is 9.88 Å². The third-order valence-corrected chi connectivity index (χ3v) is 7.13. The average Bonchev–Trinajstić information content (AvgIpc) is 3.11. The second-order valence-electron chi connectivity index (χ2n) is 7.87. The zero-order chi connectivity index (χ0) is 21.2. The van der Waals surface area contributed by atoms with Crippen LogP contribution in [0.4, 0.5) is 5.69 Å². The van der Waals surface area contributed by atoms with Gasteiger partial charge in [-0.1, -0.05) is 73.3 Å². The molecule has 2 aliphatic rings. The molecule has 1 saturated carbocycles. The fourth-order valence-electron chi connectivity index (χ4n) is 4.31. The van der Waals surface area contributed by atoms with E-state index in [0.717, 1.165) is 42.0 Å². The lowest BCUT2D eigenvalue weighted by Crippen LogP contribution is -2.40. The Morgan fingerprint density at radius 3 is 2.71 bits per heavy atom. The van der Waals surface area contributed by atoms with Crippen molar-refractivity contribution in [3.8, 4) is 0 Å². The van der Waals surface area contributed by atoms with Crippen LogP contribution in [0.15, 0.2) is 70.8 Å². The molecule has 0 bridgehead atoms. The van der Waals surface area contributed by atoms with Gasteiger partial charge in [0.15, 0.2) is 5.17 Å². The van der Waals surface area contributed by atoms with Crippen LogP contribution in [-0.4, -0.2) is 27.0 Å². The highest BCUT2D eigenvalue weighted by Gasteiger charge is 2.38. The molecule has 1 aliphatic carbocycles. The van der Waals surface area contributed by atoms with Gasteiger partial charge in [-0.15, -0.1) is 0 Å². The van der Waals surface area contributed by atoms with Gasteiger partial charge in [-0.3, -0.25) is 14.7 Å². The summed E-state index contributed by atoms with van der Waals surface area (Å²) >= 11 is 7.74. The SMILES string of the molecule is O=C1/C(=C/c2cccc3ccccc23)SC(=Nc2ccncc2Cl)N1C1CCCCC1. The number of nitrogens with zero attached hydrogens (tertiary/aromatic N) is 3. The smallest absolute Gasteiger partial charge is 0.267 e. The fraction of sp³-hybridized carbons (Fsp3) is 0.240. The maximum Gasteiger partial charge on any atom is 0.267 e. The van der Waals surface area contributed by atoms with E-state index in [1.54, 1.807) is 18.5 Å². The first kappa shape index (κ1) is 20.3. The highest BCUT2D eigenvalue weighted by Crippen LogP contribution is 2.39. The Bertz CT molecular complexity index is 1190. The minimum absolute atomic E-state index is 0.0359. The molecule has 0 spiro atoms. The molecule has 3 aromatic rings. The van der Waals surface area contributed by atoms with Crippen molar-refractivity contribution in [2.45, 2.75) is 38.1 Å². The second kappa shape index (κ2) is 8.85. The van der Waals surface area contributed by atoms with Crippen molar-refractivity contribution in [2.24, 2.45) is 4.99 Å². The Kier molecular flexibility index (Phi) is 5.79. The number of benzene rings is 2. The van der Waals surface area contributed by atoms with E-state index in [0.29, 0.717) is 20.8 Å². The van der Waals surface area contributed by atoms with E-state index in [2.05, 4.69) is 29.2 Å². The van der Waals surface area contributed by atoms with Crippen LogP contribution in [0.5, 0.6) is 0 Å². The van der Waals surface area contributed by atoms with Crippen molar-refractivity contribution >= 4 is 57.0 Å². The minimum atomic E-state index is 0.0359. The second-order valence-corrected chi connectivity index (χ2v) is 9.28. The molecule has 1 saturated heterocycles. The molecular formula is C25H22ClN3OS. The van der Waals surface area contributed by atoms with Gasteiger partial charge in [-0.25, -0.2) is 4.99 Å². The molecule has 2 heterocycles. The quantitative estimate of drug-likeness (QED) is 0.413. The number of hydrogen-bond acceptors (Lipinski definition) is 4. The molecule has 0 radical (unpaired) electrons. The molecule has 0 N–H and O–H groups in total. The van der Waals surface area contributed by atoms with Crippen molar-refractivity contribution in [3.63, 3.8) is 0 Å². The maximum absolute atomic E-state index is 13.5. The van der Waals surface area contributed by atoms with E-state index in [4.69, 9.17) is 16.6 Å². The average molecular weight is 448 g/mol. The molecule has 2 aromatic carbocycles. The maximum atomic E-state index is 13.5. The molecule has 1 aromatic heterocycles. The third kappa shape index (κ3) is 4.12. The number of amides is 1. The number of thioether (sulfide) groups is 1. The van der Waals surface area contributed by atoms with Crippen molar-refractivity contribution < 1.29 is 4.79 Å². The molecule has 5 rings (SSSR count). The molecule has 1 amide bonds. The topological polar surface area (TPSA) is 45.6 Å². The highest BCUT2D eigenvalue weighted by atomic mass is 35.5. The number of carbonyl (C=O) groups is 1. The molecule has 0 unspecified atom stereocenters. The van der Waals surface area contributed by atoms with Crippen LogP contribution in [0.25, 0.3) is 16.8 Å². The molecule has 4 nitrogen and oxygen atoms in total. The predicted octanol–water partition coefficient (Wildman–Crippen LogP) is 6.82. The summed E-state index contributed by atoms with van der Waals surface area (Å²) in [5.74, 6) is 0.0359. The highest BCUT2D eigenvalue weighted by molar-refractivity contribution is 8.18. The number of aliphatic imine (C=N–C) groups is 1. The van der Waals surface area contributed by atoms with Gasteiger partial charge in [0.1, 0.15) is 0 Å². The van der Waals surface area contributed by atoms with Gasteiger partial charge < -0.3 is 0 Å². The Morgan fingerprint density at radius 2 is 1.87 bits per heavy atom. The molecule has 156 valence electrons. The fourth-order valence-corrected chi connectivity index (χ4v) is 5.51. The Balaban J connectivity index is 1.57. The first-order chi connectivity index (χ1) is 15.2. The summed E-state index contributed by atoms with van der Waals surface area (Å²) in [5, 5.41) is 3.49. The van der Waals surface area contributed by atoms with E-state index in [-0.39, 0.29) is 11.9 Å². The van der Waals surface area contributed by atoms with Crippen LogP contribution < -0.4 is 0 Å². The summed E-state index contributed by atoms with van der Waals surface area (Å²) in [5.41, 5.74) is 1.68. The number of pyridine rings is 1. The van der Waals surface area contributed by atoms with Crippen LogP contribution in [0.1, 0.15) is 37.7 Å². The Labute approximate surface area is 191 Å². The minimum Gasteiger partial charge on any atom is -0.283 e. The standard InChI is InChI=1S/C25H22ClN3OS/c26-21-16-27-14-13-22(21)28-25-29(19-10-2-1-3-11-19)24(30)23(31-25)15-18-9-6-8-17-7-4-5-12-20(17)18/h4-9,12-16,19H,1-3,10-11H2/b23-15-,28-25?. The van der Waals surface area contributed by atoms with Crippen LogP contribution >= 0.6 is 23.4 Å². The lowest BCUT2D eigenvalue weighted by molar-refractivity contribution is -0.124. The van der Waals surface area contributed by atoms with E-state index in [1.807, 2.05) is 29.2 Å². The van der Waals surface area contributed by atoms with Crippen LogP contribution in [0.3, 0.4) is 0 Å². The summed E-state index contributed by atoms with van der Waals surface area (Å²) in [6, 6.07) is 16.4. The number of rotatable bonds is 3. The van der Waals surface area contributed by atoms with Crippen molar-refractivity contribution in [3.05, 3.63) is 76.4 Å². The number of amidine groups is 1. The zero-order valence-corrected chi connectivity index (χ0v) is 18.6. The van der Waals surface area contributed by atoms with Gasteiger partial charge in [0.25, 0.3) is 5.91 Å². The number of aromatic nitrogens is 1. The number of fused-ring (bicyclic) bond motifs is 1. The van der Waals surface area contributed by atoms with Crippen molar-refractivity contribution in [2.75, 3.05) is 0 Å². The Hall–Kier alpha value is -2.63. The molecule has 0 atom stereocenters. The monoisotopic (exact) mass is 447 g/mol. The largest absolute Gasteiger partial charge is 0.283 e. The first-order valence-electron chi connectivity index (χ1n) is 10.6. The van der Waals surface area contributed by atoms with Gasteiger partial charge in [0.2, 0.25) is 0 Å². The van der Waals surface area contributed by atoms with Gasteiger partial charge in [-0.2, -0.15) is 0 Å². The van der Waals surface area contributed by atoms with Crippen LogP contribution in [0.2, 0.25) is 5.02 Å². The van der Waals surface area contributed by atoms with Crippen LogP contribution in [-0.2, 0) is 4.79 Å². The summed E-state index contributed by atoms with van der Waals surface area (Å²) in [6.07, 6.45) is 10.8. The van der Waals surface area contributed by atoms with E-state index < -0.39 is 0 Å². The van der Waals surface area contributed by atoms with E-state index >= 15 is 0 Å². The molecular weight excluding hydrogens is 426 g/mol. The number of halogens is 1. The lowest BCUT2D eigenvalue weighted by Gasteiger charge is -2.30. The van der Waals surface area contributed by atoms with Gasteiger partial charge in [0.05, 0.1) is 15.6 Å². The molecule has 2 fully saturated rings. The van der Waals surface area contributed by atoms with Gasteiger partial charge in [-0.05, 0) is 53.1 Å². The van der Waals surface area contributed by atoms with Gasteiger partial charge in [0, 0.05) is 18.4 Å². The van der Waals surface area contributed by atoms with E-state index in [1.165, 1.54) is 18.2 Å². The summed E-state index contributed by atoms with van der Waals surface area (Å²) in [4.78, 5) is 25.0. The third-order valence-electron chi connectivity index (χ3n) is 5.85. The molecule has 1 aliphatic heterocycles. The zero-order valence-electron chi connectivity index (χ0n) is 17.0. The predicted molar refractivity (Wildman–Crippen MR) is 130 cm³/mol. The number of carbonyl (C=O) groups excluding carboxylic acids is 1. The van der Waals surface area contributed by atoms with Crippen LogP contribution in [0, 0.1) is 0 Å².